The molecule has 5 nitrogen and oxygen atoms in total. The molecule has 2 aromatic rings. The molecule has 0 spiro atoms. The zero-order chi connectivity index (χ0) is 13.8. The number of aliphatic carboxylic acids is 1. The average molecular weight is 257 g/mol. The van der Waals surface area contributed by atoms with Gasteiger partial charge in [-0.1, -0.05) is 29.8 Å². The van der Waals surface area contributed by atoms with E-state index >= 15 is 0 Å². The van der Waals surface area contributed by atoms with E-state index in [9.17, 15) is 4.79 Å². The van der Waals surface area contributed by atoms with Crippen LogP contribution in [-0.4, -0.2) is 21.0 Å². The third-order valence-electron chi connectivity index (χ3n) is 2.80. The number of nitrogens with two attached hydrogens (primary N) is 1. The van der Waals surface area contributed by atoms with Crippen molar-refractivity contribution < 1.29 is 9.90 Å². The topological polar surface area (TPSA) is 89.1 Å². The van der Waals surface area contributed by atoms with Crippen LogP contribution in [0.15, 0.2) is 36.7 Å². The van der Waals surface area contributed by atoms with Crippen molar-refractivity contribution in [1.29, 1.82) is 0 Å². The van der Waals surface area contributed by atoms with Crippen LogP contribution >= 0.6 is 0 Å². The Hall–Kier alpha value is -2.27. The van der Waals surface area contributed by atoms with Gasteiger partial charge in [0.1, 0.15) is 0 Å². The largest absolute Gasteiger partial charge is 0.481 e. The highest BCUT2D eigenvalue weighted by atomic mass is 16.4. The van der Waals surface area contributed by atoms with Crippen LogP contribution in [-0.2, 0) is 4.79 Å². The molecule has 0 bridgehead atoms. The molecule has 2 rings (SSSR count). The van der Waals surface area contributed by atoms with E-state index in [-0.39, 0.29) is 6.42 Å². The highest BCUT2D eigenvalue weighted by Crippen LogP contribution is 2.17. The molecular weight excluding hydrogens is 242 g/mol. The molecule has 5 heteroatoms. The number of hydrogen-bond acceptors (Lipinski definition) is 4. The third kappa shape index (κ3) is 3.35. The highest BCUT2D eigenvalue weighted by Gasteiger charge is 2.11. The number of carboxylic acid groups (broad SMARTS) is 1. The summed E-state index contributed by atoms with van der Waals surface area (Å²) in [6, 6.07) is 7.29. The Morgan fingerprint density at radius 2 is 1.84 bits per heavy atom. The van der Waals surface area contributed by atoms with Gasteiger partial charge in [-0.2, -0.15) is 0 Å². The number of aromatic nitrogens is 2. The van der Waals surface area contributed by atoms with Crippen molar-refractivity contribution in [2.45, 2.75) is 19.4 Å². The fraction of sp³-hybridized carbons (Fsp3) is 0.214. The predicted octanol–water partition coefficient (Wildman–Crippen LogP) is 1.93. The second-order valence-corrected chi connectivity index (χ2v) is 4.41. The Labute approximate surface area is 111 Å². The van der Waals surface area contributed by atoms with Gasteiger partial charge in [-0.15, -0.1) is 0 Å². The minimum absolute atomic E-state index is 0.132. The average Bonchev–Trinajstić information content (AvgIpc) is 2.39. The van der Waals surface area contributed by atoms with Crippen molar-refractivity contribution in [3.8, 4) is 11.4 Å². The number of aryl methyl sites for hydroxylation is 1. The normalized spacial score (nSPS) is 12.1. The van der Waals surface area contributed by atoms with E-state index in [1.54, 1.807) is 12.4 Å². The number of rotatable bonds is 4. The molecule has 1 heterocycles. The van der Waals surface area contributed by atoms with Gasteiger partial charge in [-0.3, -0.25) is 4.79 Å². The second-order valence-electron chi connectivity index (χ2n) is 4.41. The molecule has 98 valence electrons. The molecule has 1 aromatic carbocycles. The SMILES string of the molecule is Cc1ccc(-c2ncc([C@H](N)CC(=O)O)cn2)cc1. The summed E-state index contributed by atoms with van der Waals surface area (Å²) in [7, 11) is 0. The van der Waals surface area contributed by atoms with E-state index < -0.39 is 12.0 Å². The number of benzene rings is 1. The van der Waals surface area contributed by atoms with Gasteiger partial charge in [-0.05, 0) is 6.92 Å². The molecule has 0 saturated carbocycles. The van der Waals surface area contributed by atoms with Crippen molar-refractivity contribution in [3.63, 3.8) is 0 Å². The van der Waals surface area contributed by atoms with Gasteiger partial charge in [0, 0.05) is 29.6 Å². The first kappa shape index (κ1) is 13.2. The Balaban J connectivity index is 2.18. The first-order valence-corrected chi connectivity index (χ1v) is 5.92. The van der Waals surface area contributed by atoms with E-state index in [2.05, 4.69) is 9.97 Å². The van der Waals surface area contributed by atoms with Crippen LogP contribution in [0.3, 0.4) is 0 Å². The first-order valence-electron chi connectivity index (χ1n) is 5.92. The van der Waals surface area contributed by atoms with Crippen LogP contribution in [0.5, 0.6) is 0 Å². The zero-order valence-electron chi connectivity index (χ0n) is 10.6. The molecule has 0 unspecified atom stereocenters. The minimum atomic E-state index is -0.935. The fourth-order valence-electron chi connectivity index (χ4n) is 1.69. The van der Waals surface area contributed by atoms with Crippen molar-refractivity contribution >= 4 is 5.97 Å². The van der Waals surface area contributed by atoms with Crippen molar-refractivity contribution in [2.75, 3.05) is 0 Å². The summed E-state index contributed by atoms with van der Waals surface area (Å²) in [5.74, 6) is -0.332. The number of carboxylic acids is 1. The molecule has 0 radical (unpaired) electrons. The van der Waals surface area contributed by atoms with E-state index in [0.29, 0.717) is 11.4 Å². The molecule has 0 aliphatic carbocycles. The lowest BCUT2D eigenvalue weighted by Crippen LogP contribution is -2.15. The molecule has 0 aliphatic heterocycles. The smallest absolute Gasteiger partial charge is 0.305 e. The Morgan fingerprint density at radius 3 is 2.37 bits per heavy atom. The van der Waals surface area contributed by atoms with E-state index in [1.807, 2.05) is 31.2 Å². The number of carbonyl (C=O) groups is 1. The van der Waals surface area contributed by atoms with Crippen LogP contribution in [0.1, 0.15) is 23.6 Å². The molecule has 0 aliphatic rings. The van der Waals surface area contributed by atoms with Gasteiger partial charge in [0.15, 0.2) is 5.82 Å². The maximum Gasteiger partial charge on any atom is 0.305 e. The lowest BCUT2D eigenvalue weighted by Gasteiger charge is -2.08. The molecule has 3 N–H and O–H groups in total. The molecule has 1 atom stereocenters. The Morgan fingerprint density at radius 1 is 1.26 bits per heavy atom. The van der Waals surface area contributed by atoms with Crippen LogP contribution in [0, 0.1) is 6.92 Å². The van der Waals surface area contributed by atoms with Gasteiger partial charge < -0.3 is 10.8 Å². The van der Waals surface area contributed by atoms with Crippen LogP contribution in [0.4, 0.5) is 0 Å². The fourth-order valence-corrected chi connectivity index (χ4v) is 1.69. The van der Waals surface area contributed by atoms with Gasteiger partial charge >= 0.3 is 5.97 Å². The van der Waals surface area contributed by atoms with Gasteiger partial charge in [0.25, 0.3) is 0 Å². The highest BCUT2D eigenvalue weighted by molar-refractivity contribution is 5.67. The van der Waals surface area contributed by atoms with Crippen molar-refractivity contribution in [1.82, 2.24) is 9.97 Å². The van der Waals surface area contributed by atoms with Gasteiger partial charge in [0.05, 0.1) is 6.42 Å². The number of hydrogen-bond donors (Lipinski definition) is 2. The Kier molecular flexibility index (Phi) is 3.87. The van der Waals surface area contributed by atoms with Crippen LogP contribution in [0.2, 0.25) is 0 Å². The first-order chi connectivity index (χ1) is 9.06. The standard InChI is InChI=1S/C14H15N3O2/c1-9-2-4-10(5-3-9)14-16-7-11(8-17-14)12(15)6-13(18)19/h2-5,7-8,12H,6,15H2,1H3,(H,18,19)/t12-/m1/s1. The molecule has 0 fully saturated rings. The minimum Gasteiger partial charge on any atom is -0.481 e. The maximum atomic E-state index is 10.6. The van der Waals surface area contributed by atoms with E-state index in [4.69, 9.17) is 10.8 Å². The molecule has 0 saturated heterocycles. The molecule has 1 aromatic heterocycles. The van der Waals surface area contributed by atoms with Crippen LogP contribution < -0.4 is 5.73 Å². The predicted molar refractivity (Wildman–Crippen MR) is 71.4 cm³/mol. The summed E-state index contributed by atoms with van der Waals surface area (Å²) < 4.78 is 0. The van der Waals surface area contributed by atoms with Crippen molar-refractivity contribution in [2.24, 2.45) is 5.73 Å². The summed E-state index contributed by atoms with van der Waals surface area (Å²) >= 11 is 0. The molecule has 19 heavy (non-hydrogen) atoms. The van der Waals surface area contributed by atoms with Gasteiger partial charge in [0.2, 0.25) is 0 Å². The molecular formula is C14H15N3O2. The summed E-state index contributed by atoms with van der Waals surface area (Å²) in [5, 5.41) is 8.68. The Bertz CT molecular complexity index is 564. The van der Waals surface area contributed by atoms with Crippen LogP contribution in [0.25, 0.3) is 11.4 Å². The second kappa shape index (κ2) is 5.58. The quantitative estimate of drug-likeness (QED) is 0.873. The van der Waals surface area contributed by atoms with Gasteiger partial charge in [-0.25, -0.2) is 9.97 Å². The number of nitrogens with zero attached hydrogens (tertiary/aromatic N) is 2. The van der Waals surface area contributed by atoms with E-state index in [0.717, 1.165) is 5.56 Å². The van der Waals surface area contributed by atoms with Crippen molar-refractivity contribution in [3.05, 3.63) is 47.8 Å². The monoisotopic (exact) mass is 257 g/mol. The summed E-state index contributed by atoms with van der Waals surface area (Å²) in [6.45, 7) is 2.01. The third-order valence-corrected chi connectivity index (χ3v) is 2.80. The van der Waals surface area contributed by atoms with E-state index in [1.165, 1.54) is 5.56 Å². The lowest BCUT2D eigenvalue weighted by molar-refractivity contribution is -0.137. The lowest BCUT2D eigenvalue weighted by atomic mass is 10.1. The molecule has 0 amide bonds. The summed E-state index contributed by atoms with van der Waals surface area (Å²) in [4.78, 5) is 19.0. The summed E-state index contributed by atoms with van der Waals surface area (Å²) in [6.07, 6.45) is 3.03. The summed E-state index contributed by atoms with van der Waals surface area (Å²) in [5.41, 5.74) is 8.46. The zero-order valence-corrected chi connectivity index (χ0v) is 10.6. The maximum absolute atomic E-state index is 10.6.